The summed E-state index contributed by atoms with van der Waals surface area (Å²) >= 11 is 9.42. The van der Waals surface area contributed by atoms with Crippen LogP contribution in [-0.4, -0.2) is 14.9 Å². The van der Waals surface area contributed by atoms with Gasteiger partial charge in [0.25, 0.3) is 0 Å². The van der Waals surface area contributed by atoms with Crippen LogP contribution in [0.2, 0.25) is 5.02 Å². The summed E-state index contributed by atoms with van der Waals surface area (Å²) in [6.07, 6.45) is 1.66. The van der Waals surface area contributed by atoms with Crippen molar-refractivity contribution in [3.8, 4) is 0 Å². The van der Waals surface area contributed by atoms with E-state index in [0.717, 1.165) is 10.2 Å². The average Bonchev–Trinajstić information content (AvgIpc) is 2.67. The third kappa shape index (κ3) is 3.09. The van der Waals surface area contributed by atoms with Crippen molar-refractivity contribution in [2.45, 2.75) is 12.5 Å². The molecule has 1 aromatic carbocycles. The smallest absolute Gasteiger partial charge is 0.0860 e. The van der Waals surface area contributed by atoms with Gasteiger partial charge in [0.2, 0.25) is 0 Å². The lowest BCUT2D eigenvalue weighted by Gasteiger charge is -2.11. The molecule has 0 radical (unpaired) electrons. The van der Waals surface area contributed by atoms with Gasteiger partial charge in [-0.05, 0) is 24.3 Å². The Bertz CT molecular complexity index is 527. The Balaban J connectivity index is 2.19. The van der Waals surface area contributed by atoms with Gasteiger partial charge in [0.05, 0.1) is 11.8 Å². The highest BCUT2D eigenvalue weighted by Gasteiger charge is 2.14. The van der Waals surface area contributed by atoms with Gasteiger partial charge in [0.15, 0.2) is 0 Å². The largest absolute Gasteiger partial charge is 0.388 e. The number of halogens is 2. The molecule has 0 fully saturated rings. The molecule has 0 amide bonds. The topological polar surface area (TPSA) is 38.0 Å². The molecule has 17 heavy (non-hydrogen) atoms. The number of nitrogens with zero attached hydrogens (tertiary/aromatic N) is 2. The summed E-state index contributed by atoms with van der Waals surface area (Å²) in [7, 11) is 1.85. The summed E-state index contributed by atoms with van der Waals surface area (Å²) < 4.78 is 2.61. The number of aliphatic hydroxyl groups is 1. The number of rotatable bonds is 3. The van der Waals surface area contributed by atoms with Crippen molar-refractivity contribution >= 4 is 27.5 Å². The van der Waals surface area contributed by atoms with E-state index in [1.54, 1.807) is 10.7 Å². The highest BCUT2D eigenvalue weighted by molar-refractivity contribution is 9.10. The van der Waals surface area contributed by atoms with E-state index in [1.807, 2.05) is 31.4 Å². The molecule has 1 N–H and O–H groups in total. The number of aliphatic hydroxyl groups excluding tert-OH is 1. The van der Waals surface area contributed by atoms with Gasteiger partial charge < -0.3 is 5.11 Å². The Morgan fingerprint density at radius 1 is 1.47 bits per heavy atom. The molecule has 0 aliphatic carbocycles. The Morgan fingerprint density at radius 3 is 2.88 bits per heavy atom. The number of aryl methyl sites for hydroxylation is 1. The molecule has 1 unspecified atom stereocenters. The van der Waals surface area contributed by atoms with Crippen LogP contribution < -0.4 is 0 Å². The molecule has 5 heteroatoms. The van der Waals surface area contributed by atoms with Gasteiger partial charge in [-0.2, -0.15) is 5.10 Å². The van der Waals surface area contributed by atoms with Gasteiger partial charge in [0, 0.05) is 34.7 Å². The Kier molecular flexibility index (Phi) is 3.86. The molecule has 0 saturated heterocycles. The van der Waals surface area contributed by atoms with Crippen molar-refractivity contribution in [1.82, 2.24) is 9.78 Å². The van der Waals surface area contributed by atoms with E-state index in [4.69, 9.17) is 11.6 Å². The first-order valence-corrected chi connectivity index (χ1v) is 6.35. The minimum Gasteiger partial charge on any atom is -0.388 e. The monoisotopic (exact) mass is 314 g/mol. The van der Waals surface area contributed by atoms with Crippen molar-refractivity contribution in [3.05, 3.63) is 51.2 Å². The van der Waals surface area contributed by atoms with Gasteiger partial charge in [-0.3, -0.25) is 4.68 Å². The van der Waals surface area contributed by atoms with E-state index in [9.17, 15) is 5.11 Å². The summed E-state index contributed by atoms with van der Waals surface area (Å²) in [5.74, 6) is 0. The van der Waals surface area contributed by atoms with E-state index in [2.05, 4.69) is 21.0 Å². The van der Waals surface area contributed by atoms with Crippen molar-refractivity contribution in [2.75, 3.05) is 0 Å². The van der Waals surface area contributed by atoms with Crippen LogP contribution in [0, 0.1) is 0 Å². The summed E-state index contributed by atoms with van der Waals surface area (Å²) in [6.45, 7) is 0. The Labute approximate surface area is 113 Å². The molecule has 1 atom stereocenters. The van der Waals surface area contributed by atoms with E-state index >= 15 is 0 Å². The number of aromatic nitrogens is 2. The number of hydrogen-bond acceptors (Lipinski definition) is 2. The summed E-state index contributed by atoms with van der Waals surface area (Å²) in [6, 6.07) is 7.33. The molecule has 3 nitrogen and oxygen atoms in total. The molecule has 0 aliphatic rings. The maximum atomic E-state index is 10.1. The molecular formula is C12H12BrClN2O. The maximum Gasteiger partial charge on any atom is 0.0860 e. The van der Waals surface area contributed by atoms with Crippen LogP contribution in [0.4, 0.5) is 0 Å². The van der Waals surface area contributed by atoms with Crippen molar-refractivity contribution in [1.29, 1.82) is 0 Å². The predicted octanol–water partition coefficient (Wildman–Crippen LogP) is 3.11. The van der Waals surface area contributed by atoms with Gasteiger partial charge >= 0.3 is 0 Å². The van der Waals surface area contributed by atoms with E-state index in [1.165, 1.54) is 0 Å². The van der Waals surface area contributed by atoms with Gasteiger partial charge in [-0.15, -0.1) is 0 Å². The van der Waals surface area contributed by atoms with Crippen LogP contribution in [0.3, 0.4) is 0 Å². The van der Waals surface area contributed by atoms with Gasteiger partial charge in [-0.1, -0.05) is 27.5 Å². The quantitative estimate of drug-likeness (QED) is 0.945. The molecule has 2 aromatic rings. The van der Waals surface area contributed by atoms with E-state index < -0.39 is 6.10 Å². The third-order valence-corrected chi connectivity index (χ3v) is 3.33. The number of hydrogen-bond donors (Lipinski definition) is 1. The molecule has 0 spiro atoms. The Morgan fingerprint density at radius 2 is 2.24 bits per heavy atom. The van der Waals surface area contributed by atoms with Crippen molar-refractivity contribution < 1.29 is 5.11 Å². The van der Waals surface area contributed by atoms with Crippen LogP contribution in [0.25, 0.3) is 0 Å². The van der Waals surface area contributed by atoms with E-state index in [0.29, 0.717) is 17.0 Å². The first kappa shape index (κ1) is 12.6. The summed E-state index contributed by atoms with van der Waals surface area (Å²) in [5.41, 5.74) is 1.56. The summed E-state index contributed by atoms with van der Waals surface area (Å²) in [5, 5.41) is 14.9. The second-order valence-electron chi connectivity index (χ2n) is 3.87. The minimum absolute atomic E-state index is 0.455. The fourth-order valence-corrected chi connectivity index (χ4v) is 2.27. The van der Waals surface area contributed by atoms with Crippen LogP contribution in [-0.2, 0) is 13.5 Å². The van der Waals surface area contributed by atoms with Crippen LogP contribution in [0.5, 0.6) is 0 Å². The average molecular weight is 316 g/mol. The molecule has 0 aliphatic heterocycles. The lowest BCUT2D eigenvalue weighted by atomic mass is 10.1. The van der Waals surface area contributed by atoms with Crippen LogP contribution in [0.1, 0.15) is 17.4 Å². The predicted molar refractivity (Wildman–Crippen MR) is 71.0 cm³/mol. The zero-order chi connectivity index (χ0) is 12.4. The van der Waals surface area contributed by atoms with Gasteiger partial charge in [-0.25, -0.2) is 0 Å². The molecule has 0 saturated carbocycles. The Hall–Kier alpha value is -0.840. The second-order valence-corrected chi connectivity index (χ2v) is 5.19. The van der Waals surface area contributed by atoms with Crippen LogP contribution in [0.15, 0.2) is 34.9 Å². The molecule has 1 heterocycles. The minimum atomic E-state index is -0.644. The fraction of sp³-hybridized carbons (Fsp3) is 0.250. The summed E-state index contributed by atoms with van der Waals surface area (Å²) in [4.78, 5) is 0. The normalized spacial score (nSPS) is 12.7. The van der Waals surface area contributed by atoms with Crippen LogP contribution >= 0.6 is 27.5 Å². The lowest BCUT2D eigenvalue weighted by molar-refractivity contribution is 0.177. The zero-order valence-electron chi connectivity index (χ0n) is 9.27. The SMILES string of the molecule is Cn1ccc(CC(O)c2cc(Br)ccc2Cl)n1. The lowest BCUT2D eigenvalue weighted by Crippen LogP contribution is -2.04. The number of benzene rings is 1. The van der Waals surface area contributed by atoms with Crippen molar-refractivity contribution in [2.24, 2.45) is 7.05 Å². The van der Waals surface area contributed by atoms with Crippen molar-refractivity contribution in [3.63, 3.8) is 0 Å². The standard InChI is InChI=1S/C12H12BrClN2O/c1-16-5-4-9(15-16)7-12(17)10-6-8(13)2-3-11(10)14/h2-6,12,17H,7H2,1H3. The molecule has 1 aromatic heterocycles. The molecule has 90 valence electrons. The first-order valence-electron chi connectivity index (χ1n) is 5.18. The highest BCUT2D eigenvalue weighted by Crippen LogP contribution is 2.28. The van der Waals surface area contributed by atoms with E-state index in [-0.39, 0.29) is 0 Å². The highest BCUT2D eigenvalue weighted by atomic mass is 79.9. The third-order valence-electron chi connectivity index (χ3n) is 2.49. The molecule has 2 rings (SSSR count). The second kappa shape index (κ2) is 5.21. The molecule has 0 bridgehead atoms. The molecular weight excluding hydrogens is 304 g/mol. The maximum absolute atomic E-state index is 10.1. The first-order chi connectivity index (χ1) is 8.06. The zero-order valence-corrected chi connectivity index (χ0v) is 11.6. The fourth-order valence-electron chi connectivity index (χ4n) is 1.65. The van der Waals surface area contributed by atoms with Gasteiger partial charge in [0.1, 0.15) is 0 Å².